The Morgan fingerprint density at radius 2 is 2.00 bits per heavy atom. The summed E-state index contributed by atoms with van der Waals surface area (Å²) in [6.45, 7) is 6.85. The van der Waals surface area contributed by atoms with Gasteiger partial charge in [-0.15, -0.1) is 0 Å². The molecule has 25 heavy (non-hydrogen) atoms. The second-order valence-corrected chi connectivity index (χ2v) is 5.80. The van der Waals surface area contributed by atoms with Crippen molar-refractivity contribution in [1.82, 2.24) is 4.57 Å². The number of rotatable bonds is 6. The summed E-state index contributed by atoms with van der Waals surface area (Å²) in [4.78, 5) is 12.6. The van der Waals surface area contributed by atoms with Gasteiger partial charge >= 0.3 is 0 Å². The molecule has 2 rings (SSSR count). The average molecular weight is 412 g/mol. The second-order valence-electron chi connectivity index (χ2n) is 5.00. The molecule has 1 aromatic heterocycles. The number of benzene rings is 1. The molecular weight excluding hydrogens is 396 g/mol. The van der Waals surface area contributed by atoms with Crippen LogP contribution in [-0.2, 0) is 4.74 Å². The van der Waals surface area contributed by atoms with Crippen LogP contribution in [0, 0.1) is 18.6 Å². The zero-order valence-electron chi connectivity index (χ0n) is 13.7. The summed E-state index contributed by atoms with van der Waals surface area (Å²) in [6, 6.07) is 4.93. The minimum atomic E-state index is -0.832. The topological polar surface area (TPSA) is 40.5 Å². The van der Waals surface area contributed by atoms with Gasteiger partial charge < -0.3 is 9.47 Å². The molecule has 0 saturated carbocycles. The molecule has 7 heteroatoms. The number of hydrogen-bond acceptors (Lipinski definition) is 3. The van der Waals surface area contributed by atoms with E-state index in [1.807, 2.05) is 0 Å². The van der Waals surface area contributed by atoms with Crippen molar-refractivity contribution < 1.29 is 18.3 Å². The zero-order valence-corrected chi connectivity index (χ0v) is 15.3. The van der Waals surface area contributed by atoms with E-state index in [0.717, 1.165) is 16.7 Å². The van der Waals surface area contributed by atoms with Crippen LogP contribution in [0.15, 0.2) is 58.2 Å². The van der Waals surface area contributed by atoms with Gasteiger partial charge in [0.25, 0.3) is 5.56 Å². The van der Waals surface area contributed by atoms with Gasteiger partial charge in [-0.3, -0.25) is 9.36 Å². The van der Waals surface area contributed by atoms with Crippen molar-refractivity contribution >= 4 is 15.9 Å². The predicted molar refractivity (Wildman–Crippen MR) is 94.9 cm³/mol. The van der Waals surface area contributed by atoms with Crippen LogP contribution in [0.2, 0.25) is 0 Å². The molecule has 0 bridgehead atoms. The van der Waals surface area contributed by atoms with Gasteiger partial charge in [0.05, 0.1) is 6.26 Å². The van der Waals surface area contributed by atoms with E-state index >= 15 is 0 Å². The van der Waals surface area contributed by atoms with Crippen molar-refractivity contribution in [3.63, 3.8) is 0 Å². The van der Waals surface area contributed by atoms with Crippen molar-refractivity contribution in [2.75, 3.05) is 6.61 Å². The number of halogens is 3. The Labute approximate surface area is 152 Å². The zero-order chi connectivity index (χ0) is 18.6. The molecule has 0 unspecified atom stereocenters. The van der Waals surface area contributed by atoms with Gasteiger partial charge in [-0.1, -0.05) is 12.6 Å². The molecule has 0 radical (unpaired) electrons. The van der Waals surface area contributed by atoms with Crippen LogP contribution in [0.4, 0.5) is 8.78 Å². The molecule has 1 heterocycles. The third-order valence-corrected chi connectivity index (χ3v) is 4.12. The third-order valence-electron chi connectivity index (χ3n) is 3.39. The Morgan fingerprint density at radius 3 is 2.56 bits per heavy atom. The summed E-state index contributed by atoms with van der Waals surface area (Å²) in [5, 5.41) is 0. The van der Waals surface area contributed by atoms with E-state index in [4.69, 9.17) is 9.47 Å². The standard InChI is InChI=1S/C18H16BrF2NO3/c1-4-12(24-5-2)10-25-15-9-11(3)22(18(23)16(15)19)17-13(20)7-6-8-14(17)21/h4-9H,2,10H2,1,3H3/b12-4-. The van der Waals surface area contributed by atoms with Crippen LogP contribution >= 0.6 is 15.9 Å². The molecule has 4 nitrogen and oxygen atoms in total. The highest BCUT2D eigenvalue weighted by atomic mass is 79.9. The normalized spacial score (nSPS) is 11.3. The number of nitrogens with zero attached hydrogens (tertiary/aromatic N) is 1. The van der Waals surface area contributed by atoms with Gasteiger partial charge in [-0.2, -0.15) is 0 Å². The smallest absolute Gasteiger partial charge is 0.273 e. The van der Waals surface area contributed by atoms with Gasteiger partial charge in [0.2, 0.25) is 0 Å². The van der Waals surface area contributed by atoms with Crippen LogP contribution in [0.1, 0.15) is 12.6 Å². The summed E-state index contributed by atoms with van der Waals surface area (Å²) >= 11 is 3.14. The maximum Gasteiger partial charge on any atom is 0.273 e. The van der Waals surface area contributed by atoms with Gasteiger partial charge in [-0.05, 0) is 48.0 Å². The number of aryl methyl sites for hydroxylation is 1. The van der Waals surface area contributed by atoms with Crippen LogP contribution in [-0.4, -0.2) is 11.2 Å². The Kier molecular flexibility index (Phi) is 6.14. The maximum atomic E-state index is 14.0. The molecule has 2 aromatic rings. The Hall–Kier alpha value is -2.41. The summed E-state index contributed by atoms with van der Waals surface area (Å²) in [7, 11) is 0. The SMILES string of the molecule is C=CO/C(=C\C)COc1cc(C)n(-c2c(F)cccc2F)c(=O)c1Br. The number of hydrogen-bond donors (Lipinski definition) is 0. The van der Waals surface area contributed by atoms with Crippen LogP contribution in [0.5, 0.6) is 5.75 Å². The summed E-state index contributed by atoms with van der Waals surface area (Å²) in [5.74, 6) is -0.922. The van der Waals surface area contributed by atoms with E-state index in [0.29, 0.717) is 11.5 Å². The van der Waals surface area contributed by atoms with E-state index < -0.39 is 22.9 Å². The highest BCUT2D eigenvalue weighted by Gasteiger charge is 2.19. The van der Waals surface area contributed by atoms with Crippen LogP contribution < -0.4 is 10.3 Å². The Balaban J connectivity index is 2.47. The molecule has 0 fully saturated rings. The fraction of sp³-hybridized carbons (Fsp3) is 0.167. The lowest BCUT2D eigenvalue weighted by Crippen LogP contribution is -2.24. The minimum absolute atomic E-state index is 0.0507. The predicted octanol–water partition coefficient (Wildman–Crippen LogP) is 4.63. The molecule has 1 aromatic carbocycles. The van der Waals surface area contributed by atoms with E-state index in [9.17, 15) is 13.6 Å². The monoisotopic (exact) mass is 411 g/mol. The fourth-order valence-electron chi connectivity index (χ4n) is 2.21. The number of allylic oxidation sites excluding steroid dienone is 1. The van der Waals surface area contributed by atoms with E-state index in [-0.39, 0.29) is 16.8 Å². The highest BCUT2D eigenvalue weighted by molar-refractivity contribution is 9.10. The number of ether oxygens (including phenoxy) is 2. The Morgan fingerprint density at radius 1 is 1.36 bits per heavy atom. The first-order chi connectivity index (χ1) is 11.9. The van der Waals surface area contributed by atoms with E-state index in [1.54, 1.807) is 19.9 Å². The molecule has 0 aliphatic rings. The molecule has 0 amide bonds. The lowest BCUT2D eigenvalue weighted by molar-refractivity contribution is 0.248. The summed E-state index contributed by atoms with van der Waals surface area (Å²) in [6.07, 6.45) is 2.95. The first-order valence-electron chi connectivity index (χ1n) is 7.32. The van der Waals surface area contributed by atoms with Crippen molar-refractivity contribution in [1.29, 1.82) is 0 Å². The molecule has 132 valence electrons. The van der Waals surface area contributed by atoms with Crippen LogP contribution in [0.25, 0.3) is 5.69 Å². The largest absolute Gasteiger partial charge is 0.484 e. The molecule has 0 spiro atoms. The van der Waals surface area contributed by atoms with Crippen molar-refractivity contribution in [3.05, 3.63) is 81.1 Å². The van der Waals surface area contributed by atoms with Crippen molar-refractivity contribution in [3.8, 4) is 11.4 Å². The van der Waals surface area contributed by atoms with Gasteiger partial charge in [-0.25, -0.2) is 8.78 Å². The van der Waals surface area contributed by atoms with Crippen LogP contribution in [0.3, 0.4) is 0 Å². The molecule has 0 N–H and O–H groups in total. The highest BCUT2D eigenvalue weighted by Crippen LogP contribution is 2.26. The number of pyridine rings is 1. The average Bonchev–Trinajstić information content (AvgIpc) is 2.58. The summed E-state index contributed by atoms with van der Waals surface area (Å²) < 4.78 is 39.8. The first-order valence-corrected chi connectivity index (χ1v) is 8.12. The number of para-hydroxylation sites is 1. The Bertz CT molecular complexity index is 870. The fourth-order valence-corrected chi connectivity index (χ4v) is 2.61. The molecule has 0 atom stereocenters. The lowest BCUT2D eigenvalue weighted by Gasteiger charge is -2.16. The maximum absolute atomic E-state index is 14.0. The summed E-state index contributed by atoms with van der Waals surface area (Å²) in [5.41, 5.74) is -0.745. The van der Waals surface area contributed by atoms with E-state index in [2.05, 4.69) is 22.5 Å². The third kappa shape index (κ3) is 3.99. The molecular formula is C18H16BrF2NO3. The van der Waals surface area contributed by atoms with Crippen molar-refractivity contribution in [2.24, 2.45) is 0 Å². The minimum Gasteiger partial charge on any atom is -0.484 e. The lowest BCUT2D eigenvalue weighted by atomic mass is 10.2. The van der Waals surface area contributed by atoms with Gasteiger partial charge in [0, 0.05) is 11.8 Å². The van der Waals surface area contributed by atoms with Gasteiger partial charge in [0.1, 0.15) is 39.9 Å². The number of aromatic nitrogens is 1. The van der Waals surface area contributed by atoms with E-state index in [1.165, 1.54) is 18.4 Å². The molecule has 0 saturated heterocycles. The molecule has 0 aliphatic heterocycles. The molecule has 0 aliphatic carbocycles. The van der Waals surface area contributed by atoms with Crippen molar-refractivity contribution in [2.45, 2.75) is 13.8 Å². The quantitative estimate of drug-likeness (QED) is 0.650. The van der Waals surface area contributed by atoms with Gasteiger partial charge in [0.15, 0.2) is 0 Å². The second kappa shape index (κ2) is 8.11. The first kappa shape index (κ1) is 18.9.